The summed E-state index contributed by atoms with van der Waals surface area (Å²) in [6, 6.07) is 5.51. The second kappa shape index (κ2) is 3.13. The molecule has 0 saturated carbocycles. The van der Waals surface area contributed by atoms with Gasteiger partial charge < -0.3 is 12.9 Å². The summed E-state index contributed by atoms with van der Waals surface area (Å²) in [5.41, 5.74) is -0.968. The molecule has 1 aromatic carbocycles. The number of halogens is 3. The molecular weight excluding hydrogens is 178 g/mol. The molecule has 0 bridgehead atoms. The quantitative estimate of drug-likeness (QED) is 0.611. The Morgan fingerprint density at radius 3 is 2.31 bits per heavy atom. The molecule has 0 atom stereocenters. The highest BCUT2D eigenvalue weighted by atomic mass is 19.4. The fourth-order valence-corrected chi connectivity index (χ4v) is 1.21. The third kappa shape index (κ3) is 1.83. The van der Waals surface area contributed by atoms with Crippen LogP contribution in [-0.4, -0.2) is 6.98 Å². The van der Waals surface area contributed by atoms with E-state index in [0.29, 0.717) is 0 Å². The molecule has 13 heavy (non-hydrogen) atoms. The fraction of sp³-hybridized carbons (Fsp3) is 0.125. The molecule has 0 aromatic heterocycles. The maximum absolute atomic E-state index is 12.4. The van der Waals surface area contributed by atoms with E-state index in [4.69, 9.17) is 5.26 Å². The maximum atomic E-state index is 12.4. The third-order valence-corrected chi connectivity index (χ3v) is 1.77. The van der Waals surface area contributed by atoms with Gasteiger partial charge in [0, 0.05) is 5.56 Å². The molecule has 0 aliphatic rings. The van der Waals surface area contributed by atoms with Gasteiger partial charge in [-0.15, -0.1) is 0 Å². The Hall–Kier alpha value is -1.44. The second-order valence-electron chi connectivity index (χ2n) is 2.72. The molecule has 1 rings (SSSR count). The van der Waals surface area contributed by atoms with Crippen molar-refractivity contribution in [2.75, 3.05) is 0 Å². The number of hydrogen-bond acceptors (Lipinski definition) is 1. The highest BCUT2D eigenvalue weighted by Gasteiger charge is 2.29. The normalized spacial score (nSPS) is 11.0. The molecule has 0 amide bonds. The highest BCUT2D eigenvalue weighted by molar-refractivity contribution is 6.74. The summed E-state index contributed by atoms with van der Waals surface area (Å²) in [5.74, 6) is 0. The Morgan fingerprint density at radius 2 is 1.92 bits per heavy atom. The van der Waals surface area contributed by atoms with Gasteiger partial charge in [-0.3, -0.25) is 0 Å². The lowest BCUT2D eigenvalue weighted by atomic mass is 9.74. The molecule has 0 aliphatic carbocycles. The van der Waals surface area contributed by atoms with Crippen molar-refractivity contribution < 1.29 is 12.9 Å². The van der Waals surface area contributed by atoms with Crippen molar-refractivity contribution in [1.29, 1.82) is 5.26 Å². The smallest absolute Gasteiger partial charge is 0.445 e. The van der Waals surface area contributed by atoms with Gasteiger partial charge in [0.2, 0.25) is 0 Å². The molecular formula is C8H6BF3N-. The van der Waals surface area contributed by atoms with Crippen molar-refractivity contribution >= 4 is 12.4 Å². The summed E-state index contributed by atoms with van der Waals surface area (Å²) in [5, 5.41) is 8.47. The summed E-state index contributed by atoms with van der Waals surface area (Å²) in [7, 11) is 0. The topological polar surface area (TPSA) is 23.8 Å². The van der Waals surface area contributed by atoms with Crippen LogP contribution in [0.1, 0.15) is 11.1 Å². The van der Waals surface area contributed by atoms with E-state index in [1.54, 1.807) is 0 Å². The molecule has 0 saturated heterocycles. The van der Waals surface area contributed by atoms with Crippen molar-refractivity contribution in [2.24, 2.45) is 0 Å². The average Bonchev–Trinajstić information content (AvgIpc) is 2.01. The van der Waals surface area contributed by atoms with Crippen LogP contribution in [0.5, 0.6) is 0 Å². The lowest BCUT2D eigenvalue weighted by molar-refractivity contribution is 0.500. The summed E-state index contributed by atoms with van der Waals surface area (Å²) in [6.45, 7) is -3.73. The van der Waals surface area contributed by atoms with Gasteiger partial charge >= 0.3 is 6.98 Å². The first-order valence-electron chi connectivity index (χ1n) is 3.66. The zero-order valence-corrected chi connectivity index (χ0v) is 6.89. The molecule has 0 radical (unpaired) electrons. The molecule has 68 valence electrons. The van der Waals surface area contributed by atoms with Crippen LogP contribution in [0.2, 0.25) is 0 Å². The van der Waals surface area contributed by atoms with Crippen LogP contribution in [0.25, 0.3) is 0 Å². The maximum Gasteiger partial charge on any atom is 0.511 e. The Labute approximate surface area is 73.9 Å². The molecule has 0 spiro atoms. The first-order valence-corrected chi connectivity index (χ1v) is 3.66. The van der Waals surface area contributed by atoms with Gasteiger partial charge in [-0.05, 0) is 13.0 Å². The minimum atomic E-state index is -5.09. The van der Waals surface area contributed by atoms with Gasteiger partial charge in [0.15, 0.2) is 0 Å². The van der Waals surface area contributed by atoms with Crippen molar-refractivity contribution in [3.63, 3.8) is 0 Å². The third-order valence-electron chi connectivity index (χ3n) is 1.77. The average molecular weight is 184 g/mol. The largest absolute Gasteiger partial charge is 0.511 e. The predicted octanol–water partition coefficient (Wildman–Crippen LogP) is 1.92. The van der Waals surface area contributed by atoms with E-state index in [-0.39, 0.29) is 11.1 Å². The van der Waals surface area contributed by atoms with Crippen LogP contribution in [0.15, 0.2) is 18.2 Å². The van der Waals surface area contributed by atoms with Gasteiger partial charge in [-0.2, -0.15) is 5.26 Å². The van der Waals surface area contributed by atoms with Gasteiger partial charge in [-0.1, -0.05) is 23.2 Å². The lowest BCUT2D eigenvalue weighted by Gasteiger charge is -2.18. The van der Waals surface area contributed by atoms with Crippen molar-refractivity contribution in [3.05, 3.63) is 29.3 Å². The number of nitrogens with zero attached hydrogens (tertiary/aromatic N) is 1. The molecule has 0 unspecified atom stereocenters. The summed E-state index contributed by atoms with van der Waals surface area (Å²) < 4.78 is 37.2. The highest BCUT2D eigenvalue weighted by Crippen LogP contribution is 2.14. The van der Waals surface area contributed by atoms with Crippen LogP contribution in [-0.2, 0) is 0 Å². The Balaban J connectivity index is 3.43. The molecule has 1 aromatic rings. The molecule has 0 aliphatic heterocycles. The van der Waals surface area contributed by atoms with Crippen LogP contribution < -0.4 is 5.46 Å². The summed E-state index contributed by atoms with van der Waals surface area (Å²) >= 11 is 0. The lowest BCUT2D eigenvalue weighted by Crippen LogP contribution is -2.38. The van der Waals surface area contributed by atoms with E-state index in [1.807, 2.05) is 0 Å². The minimum absolute atomic E-state index is 0.103. The molecule has 5 heteroatoms. The fourth-order valence-electron chi connectivity index (χ4n) is 1.21. The van der Waals surface area contributed by atoms with Crippen molar-refractivity contribution in [3.8, 4) is 6.07 Å². The molecule has 1 nitrogen and oxygen atoms in total. The zero-order chi connectivity index (χ0) is 10.1. The number of aryl methyl sites for hydroxylation is 1. The summed E-state index contributed by atoms with van der Waals surface area (Å²) in [6.07, 6.45) is 0. The zero-order valence-electron chi connectivity index (χ0n) is 6.89. The van der Waals surface area contributed by atoms with Crippen LogP contribution in [0.3, 0.4) is 0 Å². The van der Waals surface area contributed by atoms with Gasteiger partial charge in [0.1, 0.15) is 0 Å². The number of nitriles is 1. The number of rotatable bonds is 1. The van der Waals surface area contributed by atoms with E-state index >= 15 is 0 Å². The molecule has 0 heterocycles. The van der Waals surface area contributed by atoms with E-state index in [9.17, 15) is 12.9 Å². The Morgan fingerprint density at radius 1 is 1.31 bits per heavy atom. The molecule has 0 N–H and O–H groups in total. The Kier molecular flexibility index (Phi) is 2.33. The van der Waals surface area contributed by atoms with Crippen LogP contribution >= 0.6 is 0 Å². The van der Waals surface area contributed by atoms with Gasteiger partial charge in [0.25, 0.3) is 0 Å². The molecule has 0 fully saturated rings. The SMILES string of the molecule is Cc1cccc(C#N)c1[B-](F)(F)F. The monoisotopic (exact) mass is 184 g/mol. The first kappa shape index (κ1) is 9.65. The first-order chi connectivity index (χ1) is 5.96. The van der Waals surface area contributed by atoms with Crippen LogP contribution in [0.4, 0.5) is 12.9 Å². The predicted molar refractivity (Wildman–Crippen MR) is 44.6 cm³/mol. The number of hydrogen-bond donors (Lipinski definition) is 0. The van der Waals surface area contributed by atoms with Crippen molar-refractivity contribution in [1.82, 2.24) is 0 Å². The van der Waals surface area contributed by atoms with E-state index in [1.165, 1.54) is 31.2 Å². The van der Waals surface area contributed by atoms with E-state index in [2.05, 4.69) is 0 Å². The van der Waals surface area contributed by atoms with E-state index in [0.717, 1.165) is 0 Å². The summed E-state index contributed by atoms with van der Waals surface area (Å²) in [4.78, 5) is 0. The van der Waals surface area contributed by atoms with E-state index < -0.39 is 12.4 Å². The number of benzene rings is 1. The minimum Gasteiger partial charge on any atom is -0.445 e. The Bertz CT molecular complexity index is 365. The van der Waals surface area contributed by atoms with Crippen molar-refractivity contribution in [2.45, 2.75) is 6.92 Å². The van der Waals surface area contributed by atoms with Crippen LogP contribution in [0, 0.1) is 18.3 Å². The standard InChI is InChI=1S/C8H6BF3N/c1-6-3-2-4-7(5-13)8(6)9(10,11)12/h2-4H,1H3/q-1. The van der Waals surface area contributed by atoms with Gasteiger partial charge in [-0.25, -0.2) is 0 Å². The van der Waals surface area contributed by atoms with Gasteiger partial charge in [0.05, 0.1) is 6.07 Å². The second-order valence-corrected chi connectivity index (χ2v) is 2.72.